The molecule has 69 heavy (non-hydrogen) atoms. The molecular weight excluding hydrogens is 979 g/mol. The van der Waals surface area contributed by atoms with E-state index < -0.39 is 150 Å². The molecule has 0 unspecified atom stereocenters. The monoisotopic (exact) mass is 998 g/mol. The molecule has 6 aromatic carbocycles. The average molecular weight is 998 g/mol. The quantitative estimate of drug-likeness (QED) is 0.0291. The Labute approximate surface area is 372 Å². The first kappa shape index (κ1) is 50.9. The lowest BCUT2D eigenvalue weighted by Gasteiger charge is -2.44. The zero-order valence-electron chi connectivity index (χ0n) is 33.9. The van der Waals surface area contributed by atoms with Crippen LogP contribution < -0.4 is 31.2 Å². The van der Waals surface area contributed by atoms with E-state index in [9.17, 15) is 57.5 Å². The lowest BCUT2D eigenvalue weighted by molar-refractivity contribution is -0.691. The molecule has 0 atom stereocenters. The van der Waals surface area contributed by atoms with Gasteiger partial charge < -0.3 is 4.74 Å². The van der Waals surface area contributed by atoms with E-state index in [0.717, 1.165) is 16.7 Å². The van der Waals surface area contributed by atoms with Gasteiger partial charge in [0.05, 0.1) is 6.20 Å². The normalized spacial score (nSPS) is 11.4. The van der Waals surface area contributed by atoms with Crippen LogP contribution in [0.3, 0.4) is 0 Å². The number of aromatic nitrogens is 2. The van der Waals surface area contributed by atoms with E-state index in [1.807, 2.05) is 60.9 Å². The Balaban J connectivity index is 0.000000273. The number of ether oxygens (including phenoxy) is 1. The SMILES string of the molecule is Cc1cccc(OC(=O)c2cncc[n+]2Cc2ccccc2)c1C.Fc1c(F)c(F)c([B-](c2c(F)c(F)c(F)c(F)c2F)(c2c(F)c(F)c(F)c(F)c2F)c2c(F)c(F)c(F)c(F)c2F)c(F)c1F. The minimum atomic E-state index is -7.22. The second kappa shape index (κ2) is 19.3. The summed E-state index contributed by atoms with van der Waals surface area (Å²) in [6.07, 6.45) is -2.23. The maximum Gasteiger partial charge on any atom is 0.410 e. The van der Waals surface area contributed by atoms with Crippen LogP contribution >= 0.6 is 0 Å². The number of benzene rings is 6. The third-order valence-corrected chi connectivity index (χ3v) is 10.7. The first-order valence-electron chi connectivity index (χ1n) is 18.7. The van der Waals surface area contributed by atoms with Crippen molar-refractivity contribution in [1.82, 2.24) is 4.98 Å². The van der Waals surface area contributed by atoms with E-state index in [1.165, 1.54) is 6.20 Å². The van der Waals surface area contributed by atoms with Gasteiger partial charge in [-0.2, -0.15) is 4.57 Å². The minimum absolute atomic E-state index is 0.410. The number of carbonyl (C=O) groups excluding carboxylic acids is 1. The standard InChI is InChI=1S/C24BF20.C20H19N2O2/c26-5-1(6(27)14(35)21(42)13(5)34)25(2-7(28)15(36)22(43)16(37)8(2)29,3-9(30)17(38)23(44)18(39)10(3)31)4-11(32)19(40)24(45)20(41)12(4)33;1-15-7-6-10-19(16(15)2)24-20(23)18-13-21-11-12-22(18)14-17-8-4-3-5-9-17/h;3-13H,14H2,1-2H3/q-1;+1. The van der Waals surface area contributed by atoms with Gasteiger partial charge in [-0.1, -0.05) is 42.5 Å². The summed E-state index contributed by atoms with van der Waals surface area (Å²) in [4.78, 5) is 16.7. The highest BCUT2D eigenvalue weighted by molar-refractivity contribution is 7.20. The van der Waals surface area contributed by atoms with E-state index in [2.05, 4.69) is 4.98 Å². The number of hydrogen-bond donors (Lipinski definition) is 0. The van der Waals surface area contributed by atoms with Gasteiger partial charge in [-0.05, 0) is 31.0 Å². The number of rotatable bonds is 8. The fourth-order valence-corrected chi connectivity index (χ4v) is 7.34. The third-order valence-electron chi connectivity index (χ3n) is 10.7. The molecule has 360 valence electrons. The van der Waals surface area contributed by atoms with Crippen molar-refractivity contribution in [2.45, 2.75) is 20.4 Å². The molecule has 0 amide bonds. The molecule has 0 aliphatic rings. The van der Waals surface area contributed by atoms with Crippen molar-refractivity contribution in [2.24, 2.45) is 0 Å². The number of hydrogen-bond acceptors (Lipinski definition) is 3. The van der Waals surface area contributed by atoms with Gasteiger partial charge in [-0.3, -0.25) is 4.98 Å². The highest BCUT2D eigenvalue weighted by atomic mass is 19.2. The molecular formula is C44H19BF20N2O2. The number of halogens is 20. The fourth-order valence-electron chi connectivity index (χ4n) is 7.34. The van der Waals surface area contributed by atoms with Crippen LogP contribution in [0.25, 0.3) is 0 Å². The number of nitrogens with zero attached hydrogens (tertiary/aromatic N) is 2. The molecule has 1 aromatic heterocycles. The molecule has 0 bridgehead atoms. The molecule has 0 saturated carbocycles. The lowest BCUT2D eigenvalue weighted by atomic mass is 9.12. The van der Waals surface area contributed by atoms with Gasteiger partial charge in [0.25, 0.3) is 0 Å². The number of carbonyl (C=O) groups is 1. The van der Waals surface area contributed by atoms with Gasteiger partial charge >= 0.3 is 11.7 Å². The Morgan fingerprint density at radius 2 is 0.797 bits per heavy atom. The van der Waals surface area contributed by atoms with E-state index in [4.69, 9.17) is 4.74 Å². The average Bonchev–Trinajstić information content (AvgIpc) is 3.33. The maximum atomic E-state index is 15.4. The summed E-state index contributed by atoms with van der Waals surface area (Å²) in [6, 6.07) is 15.6. The summed E-state index contributed by atoms with van der Waals surface area (Å²) >= 11 is 0. The van der Waals surface area contributed by atoms with Crippen LogP contribution in [0.5, 0.6) is 5.75 Å². The molecule has 0 fully saturated rings. The zero-order chi connectivity index (χ0) is 51.3. The summed E-state index contributed by atoms with van der Waals surface area (Å²) in [7, 11) is 0. The second-order valence-electron chi connectivity index (χ2n) is 14.5. The maximum absolute atomic E-state index is 15.4. The van der Waals surface area contributed by atoms with Crippen LogP contribution in [0.15, 0.2) is 67.1 Å². The number of aryl methyl sites for hydroxylation is 1. The van der Waals surface area contributed by atoms with E-state index in [0.29, 0.717) is 18.0 Å². The molecule has 4 nitrogen and oxygen atoms in total. The zero-order valence-corrected chi connectivity index (χ0v) is 33.9. The van der Waals surface area contributed by atoms with Crippen molar-refractivity contribution in [2.75, 3.05) is 0 Å². The largest absolute Gasteiger partial charge is 0.418 e. The number of esters is 1. The van der Waals surface area contributed by atoms with Crippen molar-refractivity contribution in [3.63, 3.8) is 0 Å². The Morgan fingerprint density at radius 1 is 0.464 bits per heavy atom. The molecule has 0 radical (unpaired) electrons. The summed E-state index contributed by atoms with van der Waals surface area (Å²) in [5.41, 5.74) is -10.8. The van der Waals surface area contributed by atoms with Crippen LogP contribution in [0.1, 0.15) is 27.2 Å². The Bertz CT molecular complexity index is 2850. The summed E-state index contributed by atoms with van der Waals surface area (Å²) in [5, 5.41) is 0. The predicted molar refractivity (Wildman–Crippen MR) is 200 cm³/mol. The smallest absolute Gasteiger partial charge is 0.410 e. The Morgan fingerprint density at radius 3 is 1.14 bits per heavy atom. The van der Waals surface area contributed by atoms with Gasteiger partial charge in [0, 0.05) is 5.56 Å². The summed E-state index contributed by atoms with van der Waals surface area (Å²) in [6.45, 7) is 4.52. The topological polar surface area (TPSA) is 43.1 Å². The lowest BCUT2D eigenvalue weighted by Crippen LogP contribution is -2.81. The molecule has 0 aliphatic carbocycles. The molecule has 0 N–H and O–H groups in total. The van der Waals surface area contributed by atoms with Crippen LogP contribution in [0.2, 0.25) is 0 Å². The van der Waals surface area contributed by atoms with Crippen molar-refractivity contribution < 1.29 is 102 Å². The fraction of sp³-hybridized carbons (Fsp3) is 0.0682. The molecule has 0 aliphatic heterocycles. The van der Waals surface area contributed by atoms with Gasteiger partial charge in [-0.25, -0.2) is 92.6 Å². The van der Waals surface area contributed by atoms with Gasteiger partial charge in [0.15, 0.2) is 82.5 Å². The highest BCUT2D eigenvalue weighted by Crippen LogP contribution is 2.31. The predicted octanol–water partition coefficient (Wildman–Crippen LogP) is 9.10. The van der Waals surface area contributed by atoms with E-state index in [-0.39, 0.29) is 0 Å². The molecule has 7 rings (SSSR count). The van der Waals surface area contributed by atoms with Crippen LogP contribution in [-0.2, 0) is 6.54 Å². The summed E-state index contributed by atoms with van der Waals surface area (Å²) in [5.74, 6) is -71.2. The first-order valence-corrected chi connectivity index (χ1v) is 18.7. The molecule has 0 saturated heterocycles. The summed E-state index contributed by atoms with van der Waals surface area (Å²) < 4.78 is 301. The van der Waals surface area contributed by atoms with E-state index in [1.54, 1.807) is 18.5 Å². The third kappa shape index (κ3) is 8.36. The van der Waals surface area contributed by atoms with Gasteiger partial charge in [-0.15, -0.1) is 21.9 Å². The van der Waals surface area contributed by atoms with Crippen molar-refractivity contribution in [1.29, 1.82) is 0 Å². The van der Waals surface area contributed by atoms with Crippen molar-refractivity contribution >= 4 is 34.0 Å². The Kier molecular flexibility index (Phi) is 14.2. The van der Waals surface area contributed by atoms with Crippen LogP contribution in [-0.4, -0.2) is 17.1 Å². The molecule has 7 aromatic rings. The van der Waals surface area contributed by atoms with Gasteiger partial charge in [0.1, 0.15) is 64.6 Å². The van der Waals surface area contributed by atoms with Crippen LogP contribution in [0.4, 0.5) is 87.8 Å². The second-order valence-corrected chi connectivity index (χ2v) is 14.5. The Hall–Kier alpha value is -7.47. The first-order chi connectivity index (χ1) is 32.3. The van der Waals surface area contributed by atoms with Gasteiger partial charge in [0.2, 0.25) is 0 Å². The molecule has 1 heterocycles. The van der Waals surface area contributed by atoms with E-state index >= 15 is 35.1 Å². The minimum Gasteiger partial charge on any atom is -0.418 e. The molecule has 25 heteroatoms. The molecule has 0 spiro atoms. The van der Waals surface area contributed by atoms with Crippen LogP contribution in [0, 0.1) is 130 Å². The van der Waals surface area contributed by atoms with Crippen molar-refractivity contribution in [3.05, 3.63) is 206 Å². The highest BCUT2D eigenvalue weighted by Gasteiger charge is 2.52. The van der Waals surface area contributed by atoms with Crippen molar-refractivity contribution in [3.8, 4) is 5.75 Å².